The van der Waals surface area contributed by atoms with Gasteiger partial charge in [-0.2, -0.15) is 5.10 Å². The predicted molar refractivity (Wildman–Crippen MR) is 44.8 cm³/mol. The Labute approximate surface area is 71.0 Å². The van der Waals surface area contributed by atoms with E-state index in [0.717, 1.165) is 10.7 Å². The van der Waals surface area contributed by atoms with Gasteiger partial charge in [0.15, 0.2) is 0 Å². The third-order valence-electron chi connectivity index (χ3n) is 2.38. The summed E-state index contributed by atoms with van der Waals surface area (Å²) < 4.78 is 0. The molecule has 0 unspecified atom stereocenters. The number of nitrogens with one attached hydrogen (secondary N) is 1. The summed E-state index contributed by atoms with van der Waals surface area (Å²) in [4.78, 5) is 0. The molecule has 0 amide bonds. The fourth-order valence-electron chi connectivity index (χ4n) is 1.78. The van der Waals surface area contributed by atoms with Crippen molar-refractivity contribution in [3.63, 3.8) is 0 Å². The van der Waals surface area contributed by atoms with Crippen molar-refractivity contribution in [1.82, 2.24) is 10.2 Å². The molecule has 0 spiro atoms. The Hall–Kier alpha value is -0.500. The quantitative estimate of drug-likeness (QED) is 0.690. The highest BCUT2D eigenvalue weighted by atomic mass is 35.5. The minimum atomic E-state index is 0.644. The molecule has 0 aliphatic heterocycles. The van der Waals surface area contributed by atoms with Gasteiger partial charge in [0, 0.05) is 5.92 Å². The second kappa shape index (κ2) is 2.86. The van der Waals surface area contributed by atoms with Gasteiger partial charge in [-0.25, -0.2) is 0 Å². The maximum atomic E-state index is 5.93. The maximum absolute atomic E-state index is 5.93. The van der Waals surface area contributed by atoms with Gasteiger partial charge in [-0.1, -0.05) is 24.4 Å². The molecule has 0 bridgehead atoms. The molecule has 1 aromatic heterocycles. The molecule has 2 rings (SSSR count). The first-order chi connectivity index (χ1) is 5.38. The predicted octanol–water partition coefficient (Wildman–Crippen LogP) is 2.72. The summed E-state index contributed by atoms with van der Waals surface area (Å²) in [6.07, 6.45) is 6.89. The van der Waals surface area contributed by atoms with Crippen molar-refractivity contribution in [3.8, 4) is 0 Å². The number of aromatic nitrogens is 2. The zero-order valence-corrected chi connectivity index (χ0v) is 7.06. The standard InChI is InChI=1S/C8H11ClN2/c9-7-5-10-11-8(7)6-3-1-2-4-6/h5-6H,1-4H2,(H,10,11). The first kappa shape index (κ1) is 7.17. The molecule has 0 aromatic carbocycles. The van der Waals surface area contributed by atoms with Crippen molar-refractivity contribution in [2.24, 2.45) is 0 Å². The van der Waals surface area contributed by atoms with Gasteiger partial charge in [0.05, 0.1) is 16.9 Å². The Morgan fingerprint density at radius 3 is 2.73 bits per heavy atom. The Morgan fingerprint density at radius 2 is 2.18 bits per heavy atom. The topological polar surface area (TPSA) is 28.7 Å². The monoisotopic (exact) mass is 170 g/mol. The van der Waals surface area contributed by atoms with Crippen LogP contribution in [0.2, 0.25) is 5.02 Å². The minimum Gasteiger partial charge on any atom is -0.281 e. The van der Waals surface area contributed by atoms with E-state index in [2.05, 4.69) is 10.2 Å². The first-order valence-corrected chi connectivity index (χ1v) is 4.44. The number of hydrogen-bond acceptors (Lipinski definition) is 1. The van der Waals surface area contributed by atoms with Crippen molar-refractivity contribution in [2.75, 3.05) is 0 Å². The molecular weight excluding hydrogens is 160 g/mol. The minimum absolute atomic E-state index is 0.644. The molecule has 1 saturated carbocycles. The van der Waals surface area contributed by atoms with Gasteiger partial charge >= 0.3 is 0 Å². The van der Waals surface area contributed by atoms with Gasteiger partial charge in [0.2, 0.25) is 0 Å². The van der Waals surface area contributed by atoms with Crippen LogP contribution in [0, 0.1) is 0 Å². The van der Waals surface area contributed by atoms with E-state index in [1.165, 1.54) is 25.7 Å². The Balaban J connectivity index is 2.21. The molecule has 0 radical (unpaired) electrons. The smallest absolute Gasteiger partial charge is 0.0818 e. The Morgan fingerprint density at radius 1 is 1.45 bits per heavy atom. The lowest BCUT2D eigenvalue weighted by molar-refractivity contribution is 0.693. The van der Waals surface area contributed by atoms with Crippen LogP contribution in [0.4, 0.5) is 0 Å². The molecule has 1 aromatic rings. The van der Waals surface area contributed by atoms with Gasteiger partial charge in [0.1, 0.15) is 0 Å². The van der Waals surface area contributed by atoms with Crippen LogP contribution in [0.15, 0.2) is 6.20 Å². The molecule has 0 saturated heterocycles. The van der Waals surface area contributed by atoms with Crippen LogP contribution in [0.25, 0.3) is 0 Å². The fourth-order valence-corrected chi connectivity index (χ4v) is 2.03. The number of rotatable bonds is 1. The van der Waals surface area contributed by atoms with Gasteiger partial charge < -0.3 is 0 Å². The molecule has 11 heavy (non-hydrogen) atoms. The second-order valence-corrected chi connectivity index (χ2v) is 3.52. The average Bonchev–Trinajstić information content (AvgIpc) is 2.55. The van der Waals surface area contributed by atoms with E-state index in [0.29, 0.717) is 5.92 Å². The van der Waals surface area contributed by atoms with E-state index >= 15 is 0 Å². The molecule has 1 aliphatic rings. The largest absolute Gasteiger partial charge is 0.281 e. The molecule has 1 N–H and O–H groups in total. The highest BCUT2D eigenvalue weighted by Gasteiger charge is 2.20. The summed E-state index contributed by atoms with van der Waals surface area (Å²) in [5.74, 6) is 0.644. The van der Waals surface area contributed by atoms with Crippen molar-refractivity contribution < 1.29 is 0 Å². The first-order valence-electron chi connectivity index (χ1n) is 4.06. The molecule has 1 heterocycles. The summed E-state index contributed by atoms with van der Waals surface area (Å²) in [6.45, 7) is 0. The molecular formula is C8H11ClN2. The molecule has 1 fully saturated rings. The van der Waals surface area contributed by atoms with Crippen molar-refractivity contribution >= 4 is 11.6 Å². The summed E-state index contributed by atoms with van der Waals surface area (Å²) >= 11 is 5.93. The summed E-state index contributed by atoms with van der Waals surface area (Å²) in [7, 11) is 0. The summed E-state index contributed by atoms with van der Waals surface area (Å²) in [5.41, 5.74) is 1.14. The van der Waals surface area contributed by atoms with Crippen molar-refractivity contribution in [2.45, 2.75) is 31.6 Å². The van der Waals surface area contributed by atoms with Crippen LogP contribution in [0.5, 0.6) is 0 Å². The zero-order chi connectivity index (χ0) is 7.68. The normalized spacial score (nSPS) is 19.4. The lowest BCUT2D eigenvalue weighted by Crippen LogP contribution is -1.92. The number of halogens is 1. The highest BCUT2D eigenvalue weighted by Crippen LogP contribution is 2.35. The lowest BCUT2D eigenvalue weighted by Gasteiger charge is -2.04. The number of hydrogen-bond donors (Lipinski definition) is 1. The average molecular weight is 171 g/mol. The highest BCUT2D eigenvalue weighted by molar-refractivity contribution is 6.31. The summed E-state index contributed by atoms with van der Waals surface area (Å²) in [5, 5.41) is 7.68. The molecule has 3 heteroatoms. The number of nitrogens with zero attached hydrogens (tertiary/aromatic N) is 1. The van der Waals surface area contributed by atoms with Crippen molar-refractivity contribution in [3.05, 3.63) is 16.9 Å². The van der Waals surface area contributed by atoms with Crippen LogP contribution >= 0.6 is 11.6 Å². The van der Waals surface area contributed by atoms with Crippen LogP contribution < -0.4 is 0 Å². The number of aromatic amines is 1. The van der Waals surface area contributed by atoms with Crippen LogP contribution in [-0.2, 0) is 0 Å². The summed E-state index contributed by atoms with van der Waals surface area (Å²) in [6, 6.07) is 0. The van der Waals surface area contributed by atoms with Crippen LogP contribution in [0.1, 0.15) is 37.3 Å². The van der Waals surface area contributed by atoms with Gasteiger partial charge in [-0.15, -0.1) is 0 Å². The van der Waals surface area contributed by atoms with E-state index in [4.69, 9.17) is 11.6 Å². The number of H-pyrrole nitrogens is 1. The lowest BCUT2D eigenvalue weighted by atomic mass is 10.1. The van der Waals surface area contributed by atoms with Gasteiger partial charge in [0.25, 0.3) is 0 Å². The van der Waals surface area contributed by atoms with E-state index < -0.39 is 0 Å². The molecule has 60 valence electrons. The maximum Gasteiger partial charge on any atom is 0.0818 e. The second-order valence-electron chi connectivity index (χ2n) is 3.11. The molecule has 0 atom stereocenters. The Kier molecular flexibility index (Phi) is 1.86. The van der Waals surface area contributed by atoms with E-state index in [1.54, 1.807) is 6.20 Å². The third kappa shape index (κ3) is 1.27. The van der Waals surface area contributed by atoms with Crippen LogP contribution in [-0.4, -0.2) is 10.2 Å². The SMILES string of the molecule is Clc1cn[nH]c1C1CCCC1. The van der Waals surface area contributed by atoms with Gasteiger partial charge in [-0.05, 0) is 12.8 Å². The molecule has 1 aliphatic carbocycles. The van der Waals surface area contributed by atoms with Gasteiger partial charge in [-0.3, -0.25) is 5.10 Å². The van der Waals surface area contributed by atoms with Crippen molar-refractivity contribution in [1.29, 1.82) is 0 Å². The van der Waals surface area contributed by atoms with E-state index in [-0.39, 0.29) is 0 Å². The van der Waals surface area contributed by atoms with Crippen LogP contribution in [0.3, 0.4) is 0 Å². The fraction of sp³-hybridized carbons (Fsp3) is 0.625. The van der Waals surface area contributed by atoms with E-state index in [9.17, 15) is 0 Å². The molecule has 2 nitrogen and oxygen atoms in total. The Bertz CT molecular complexity index is 238. The third-order valence-corrected chi connectivity index (χ3v) is 2.68. The van der Waals surface area contributed by atoms with E-state index in [1.807, 2.05) is 0 Å². The zero-order valence-electron chi connectivity index (χ0n) is 6.31.